The molecule has 0 amide bonds. The summed E-state index contributed by atoms with van der Waals surface area (Å²) in [7, 11) is 0. The minimum Gasteiger partial charge on any atom is -0.480 e. The first-order chi connectivity index (χ1) is 10.8. The number of nitrogens with zero attached hydrogens (tertiary/aromatic N) is 2. The highest BCUT2D eigenvalue weighted by molar-refractivity contribution is 5.94. The Hall–Kier alpha value is -1.10. The summed E-state index contributed by atoms with van der Waals surface area (Å²) in [6, 6.07) is -0.0756. The molecule has 0 radical (unpaired) electrons. The number of rotatable bonds is 8. The van der Waals surface area contributed by atoms with Crippen LogP contribution in [0.4, 0.5) is 0 Å². The molecule has 0 aliphatic carbocycles. The molecule has 0 saturated carbocycles. The molecular formula is C18H35N3O2. The van der Waals surface area contributed by atoms with Gasteiger partial charge in [-0.25, -0.2) is 9.98 Å². The molecular weight excluding hydrogens is 290 g/mol. The summed E-state index contributed by atoms with van der Waals surface area (Å²) < 4.78 is 11.6. The zero-order valence-electron chi connectivity index (χ0n) is 15.8. The molecule has 2 atom stereocenters. The van der Waals surface area contributed by atoms with Crippen LogP contribution in [0.25, 0.3) is 0 Å². The Morgan fingerprint density at radius 2 is 1.65 bits per heavy atom. The molecule has 0 spiro atoms. The number of nitrogens with two attached hydrogens (primary N) is 1. The lowest BCUT2D eigenvalue weighted by molar-refractivity contribution is 0.260. The van der Waals surface area contributed by atoms with Crippen LogP contribution >= 0.6 is 0 Å². The Bertz CT molecular complexity index is 416. The van der Waals surface area contributed by atoms with Gasteiger partial charge in [-0.3, -0.25) is 0 Å². The Kier molecular flexibility index (Phi) is 8.03. The SMILES string of the molecule is CCOC1=N[C@H](CCC(C)(C)CCN)C(OCC)=N[C@H]1C(C)C. The smallest absolute Gasteiger partial charge is 0.210 e. The number of ether oxygens (including phenoxy) is 2. The van der Waals surface area contributed by atoms with Gasteiger partial charge >= 0.3 is 0 Å². The highest BCUT2D eigenvalue weighted by Gasteiger charge is 2.32. The minimum atomic E-state index is -0.0384. The first-order valence-corrected chi connectivity index (χ1v) is 8.95. The largest absolute Gasteiger partial charge is 0.480 e. The van der Waals surface area contributed by atoms with E-state index in [1.165, 1.54) is 0 Å². The van der Waals surface area contributed by atoms with Crippen molar-refractivity contribution in [2.75, 3.05) is 19.8 Å². The van der Waals surface area contributed by atoms with Gasteiger partial charge in [0.1, 0.15) is 12.1 Å². The van der Waals surface area contributed by atoms with Crippen LogP contribution in [0.2, 0.25) is 0 Å². The third-order valence-corrected chi connectivity index (χ3v) is 4.22. The van der Waals surface area contributed by atoms with E-state index in [9.17, 15) is 0 Å². The maximum Gasteiger partial charge on any atom is 0.210 e. The van der Waals surface area contributed by atoms with Gasteiger partial charge in [0, 0.05) is 0 Å². The van der Waals surface area contributed by atoms with Crippen LogP contribution in [-0.2, 0) is 9.47 Å². The Morgan fingerprint density at radius 1 is 1.04 bits per heavy atom. The van der Waals surface area contributed by atoms with Gasteiger partial charge in [0.15, 0.2) is 0 Å². The summed E-state index contributed by atoms with van der Waals surface area (Å²) in [5.41, 5.74) is 5.93. The summed E-state index contributed by atoms with van der Waals surface area (Å²) >= 11 is 0. The summed E-state index contributed by atoms with van der Waals surface area (Å²) in [5, 5.41) is 0. The van der Waals surface area contributed by atoms with Gasteiger partial charge in [-0.2, -0.15) is 0 Å². The van der Waals surface area contributed by atoms with Crippen molar-refractivity contribution in [2.24, 2.45) is 27.1 Å². The van der Waals surface area contributed by atoms with E-state index >= 15 is 0 Å². The third-order valence-electron chi connectivity index (χ3n) is 4.22. The molecule has 0 aromatic heterocycles. The van der Waals surface area contributed by atoms with Crippen LogP contribution < -0.4 is 5.73 Å². The highest BCUT2D eigenvalue weighted by atomic mass is 16.5. The van der Waals surface area contributed by atoms with E-state index in [1.807, 2.05) is 13.8 Å². The monoisotopic (exact) mass is 325 g/mol. The molecule has 0 unspecified atom stereocenters. The molecule has 2 N–H and O–H groups in total. The number of hydrogen-bond acceptors (Lipinski definition) is 5. The van der Waals surface area contributed by atoms with E-state index in [4.69, 9.17) is 25.2 Å². The zero-order chi connectivity index (χ0) is 17.5. The number of aliphatic imine (C=N–C) groups is 2. The standard InChI is InChI=1S/C18H35N3O2/c1-7-22-16-14(9-10-18(5,6)11-12-19)20-17(23-8-2)15(21-16)13(3)4/h13-15H,7-12,19H2,1-6H3/t14-,15+/m1/s1. The predicted octanol–water partition coefficient (Wildman–Crippen LogP) is 3.42. The first kappa shape index (κ1) is 19.9. The second-order valence-electron chi connectivity index (χ2n) is 7.25. The molecule has 1 rings (SSSR count). The van der Waals surface area contributed by atoms with Gasteiger partial charge in [0.05, 0.1) is 13.2 Å². The fourth-order valence-electron chi connectivity index (χ4n) is 2.78. The van der Waals surface area contributed by atoms with Crippen molar-refractivity contribution in [1.29, 1.82) is 0 Å². The normalized spacial score (nSPS) is 21.9. The molecule has 0 fully saturated rings. The molecule has 5 heteroatoms. The van der Waals surface area contributed by atoms with E-state index in [-0.39, 0.29) is 17.5 Å². The lowest BCUT2D eigenvalue weighted by Gasteiger charge is -2.30. The Balaban J connectivity index is 2.90. The average Bonchev–Trinajstić information content (AvgIpc) is 2.47. The summed E-state index contributed by atoms with van der Waals surface area (Å²) in [4.78, 5) is 9.66. The molecule has 1 heterocycles. The molecule has 0 aromatic carbocycles. The molecule has 0 saturated heterocycles. The van der Waals surface area contributed by atoms with Crippen LogP contribution in [-0.4, -0.2) is 43.6 Å². The summed E-state index contributed by atoms with van der Waals surface area (Å²) in [6.45, 7) is 14.7. The van der Waals surface area contributed by atoms with Crippen LogP contribution in [0.1, 0.15) is 60.8 Å². The van der Waals surface area contributed by atoms with E-state index < -0.39 is 0 Å². The fraction of sp³-hybridized carbons (Fsp3) is 0.889. The van der Waals surface area contributed by atoms with Crippen LogP contribution in [0.3, 0.4) is 0 Å². The molecule has 0 bridgehead atoms. The fourth-order valence-corrected chi connectivity index (χ4v) is 2.78. The van der Waals surface area contributed by atoms with Gasteiger partial charge in [-0.15, -0.1) is 0 Å². The molecule has 23 heavy (non-hydrogen) atoms. The molecule has 1 aliphatic rings. The second-order valence-corrected chi connectivity index (χ2v) is 7.25. The number of hydrogen-bond donors (Lipinski definition) is 1. The zero-order valence-corrected chi connectivity index (χ0v) is 15.8. The van der Waals surface area contributed by atoms with Gasteiger partial charge in [-0.1, -0.05) is 27.7 Å². The van der Waals surface area contributed by atoms with Crippen molar-refractivity contribution < 1.29 is 9.47 Å². The van der Waals surface area contributed by atoms with Crippen LogP contribution in [0.15, 0.2) is 9.98 Å². The minimum absolute atomic E-state index is 0.0372. The maximum absolute atomic E-state index is 5.79. The van der Waals surface area contributed by atoms with E-state index in [2.05, 4.69) is 27.7 Å². The Labute approximate surface area is 141 Å². The molecule has 1 aliphatic heterocycles. The summed E-state index contributed by atoms with van der Waals surface area (Å²) in [6.07, 6.45) is 2.96. The Morgan fingerprint density at radius 3 is 2.17 bits per heavy atom. The van der Waals surface area contributed by atoms with Crippen molar-refractivity contribution in [3.63, 3.8) is 0 Å². The maximum atomic E-state index is 5.79. The van der Waals surface area contributed by atoms with E-state index in [1.54, 1.807) is 0 Å². The van der Waals surface area contributed by atoms with Crippen molar-refractivity contribution in [3.05, 3.63) is 0 Å². The van der Waals surface area contributed by atoms with Gasteiger partial charge < -0.3 is 15.2 Å². The highest BCUT2D eigenvalue weighted by Crippen LogP contribution is 2.29. The molecule has 134 valence electrons. The van der Waals surface area contributed by atoms with Crippen LogP contribution in [0, 0.1) is 11.3 Å². The van der Waals surface area contributed by atoms with Gasteiger partial charge in [0.25, 0.3) is 0 Å². The predicted molar refractivity (Wildman–Crippen MR) is 97.2 cm³/mol. The van der Waals surface area contributed by atoms with Gasteiger partial charge in [0.2, 0.25) is 11.8 Å². The van der Waals surface area contributed by atoms with E-state index in [0.717, 1.165) is 31.1 Å². The van der Waals surface area contributed by atoms with Crippen molar-refractivity contribution in [2.45, 2.75) is 72.9 Å². The molecule has 5 nitrogen and oxygen atoms in total. The summed E-state index contributed by atoms with van der Waals surface area (Å²) in [5.74, 6) is 1.86. The lowest BCUT2D eigenvalue weighted by Crippen LogP contribution is -2.38. The van der Waals surface area contributed by atoms with Crippen molar-refractivity contribution in [3.8, 4) is 0 Å². The topological polar surface area (TPSA) is 69.2 Å². The lowest BCUT2D eigenvalue weighted by atomic mass is 9.83. The van der Waals surface area contributed by atoms with E-state index in [0.29, 0.717) is 25.7 Å². The van der Waals surface area contributed by atoms with Crippen LogP contribution in [0.5, 0.6) is 0 Å². The second kappa shape index (κ2) is 9.26. The average molecular weight is 325 g/mol. The quantitative estimate of drug-likeness (QED) is 0.743. The molecule has 0 aromatic rings. The van der Waals surface area contributed by atoms with Crippen molar-refractivity contribution >= 4 is 11.8 Å². The van der Waals surface area contributed by atoms with Crippen molar-refractivity contribution in [1.82, 2.24) is 0 Å². The third kappa shape index (κ3) is 6.13. The first-order valence-electron chi connectivity index (χ1n) is 8.95. The van der Waals surface area contributed by atoms with Gasteiger partial charge in [-0.05, 0) is 51.0 Å².